The Morgan fingerprint density at radius 1 is 1.24 bits per heavy atom. The van der Waals surface area contributed by atoms with Gasteiger partial charge in [0.1, 0.15) is 16.5 Å². The molecule has 3 heterocycles. The summed E-state index contributed by atoms with van der Waals surface area (Å²) in [5.41, 5.74) is 2.94. The minimum atomic E-state index is -0.324. The van der Waals surface area contributed by atoms with Crippen molar-refractivity contribution in [2.45, 2.75) is 0 Å². The van der Waals surface area contributed by atoms with E-state index in [2.05, 4.69) is 30.8 Å². The van der Waals surface area contributed by atoms with Crippen molar-refractivity contribution >= 4 is 40.0 Å². The van der Waals surface area contributed by atoms with Crippen LogP contribution >= 0.6 is 11.3 Å². The van der Waals surface area contributed by atoms with Crippen LogP contribution in [-0.4, -0.2) is 54.9 Å². The zero-order chi connectivity index (χ0) is 23.0. The summed E-state index contributed by atoms with van der Waals surface area (Å²) in [7, 11) is 1.62. The van der Waals surface area contributed by atoms with Gasteiger partial charge in [-0.1, -0.05) is 0 Å². The molecule has 1 saturated heterocycles. The molecule has 0 saturated carbocycles. The molecule has 0 atom stereocenters. The average Bonchev–Trinajstić information content (AvgIpc) is 3.36. The van der Waals surface area contributed by atoms with Gasteiger partial charge < -0.3 is 25.6 Å². The van der Waals surface area contributed by atoms with Crippen LogP contribution in [0.1, 0.15) is 15.5 Å². The van der Waals surface area contributed by atoms with Gasteiger partial charge >= 0.3 is 0 Å². The third-order valence-electron chi connectivity index (χ3n) is 5.06. The van der Waals surface area contributed by atoms with E-state index in [4.69, 9.17) is 10.1 Å². The number of amides is 1. The van der Waals surface area contributed by atoms with Crippen LogP contribution in [0.3, 0.4) is 0 Å². The third kappa shape index (κ3) is 5.73. The molecule has 2 aromatic heterocycles. The summed E-state index contributed by atoms with van der Waals surface area (Å²) in [5, 5.41) is 19.7. The standard InChI is InChI=1S/C23H25N7O2S/c1-32-17-4-2-16(3-5-17)27-9-6-18(24)23-29-20(15-33-23)22(31)28-19-14-26-8-7-21(19)30-12-10-25-11-13-30/h2-9,14-15,24-25,27H,10-13H2,1H3,(H,28,31)/b9-6-,24-18?. The Bertz CT molecular complexity index is 1140. The fourth-order valence-corrected chi connectivity index (χ4v) is 4.06. The van der Waals surface area contributed by atoms with Crippen molar-refractivity contribution in [3.05, 3.63) is 71.1 Å². The molecule has 10 heteroatoms. The number of nitrogens with zero attached hydrogens (tertiary/aromatic N) is 3. The Kier molecular flexibility index (Phi) is 7.28. The normalized spacial score (nSPS) is 13.7. The molecule has 0 bridgehead atoms. The molecule has 9 nitrogen and oxygen atoms in total. The smallest absolute Gasteiger partial charge is 0.275 e. The van der Waals surface area contributed by atoms with Crippen LogP contribution in [0.5, 0.6) is 5.75 Å². The van der Waals surface area contributed by atoms with Gasteiger partial charge in [0, 0.05) is 49.6 Å². The quantitative estimate of drug-likeness (QED) is 0.379. The second-order valence-corrected chi connectivity index (χ2v) is 8.10. The van der Waals surface area contributed by atoms with Crippen molar-refractivity contribution < 1.29 is 9.53 Å². The molecule has 0 aliphatic carbocycles. The zero-order valence-electron chi connectivity index (χ0n) is 18.2. The van der Waals surface area contributed by atoms with Crippen LogP contribution in [0.15, 0.2) is 60.4 Å². The molecule has 1 fully saturated rings. The van der Waals surface area contributed by atoms with E-state index < -0.39 is 0 Å². The summed E-state index contributed by atoms with van der Waals surface area (Å²) >= 11 is 1.25. The van der Waals surface area contributed by atoms with E-state index in [0.717, 1.165) is 43.3 Å². The van der Waals surface area contributed by atoms with Gasteiger partial charge in [-0.05, 0) is 36.4 Å². The first-order chi connectivity index (χ1) is 16.1. The Morgan fingerprint density at radius 2 is 2.03 bits per heavy atom. The second kappa shape index (κ2) is 10.7. The molecule has 170 valence electrons. The maximum Gasteiger partial charge on any atom is 0.275 e. The number of anilines is 3. The number of ether oxygens (including phenoxy) is 1. The molecule has 4 N–H and O–H groups in total. The van der Waals surface area contributed by atoms with Gasteiger partial charge in [0.25, 0.3) is 5.91 Å². The monoisotopic (exact) mass is 463 g/mol. The Hall–Kier alpha value is -3.76. The predicted molar refractivity (Wildman–Crippen MR) is 132 cm³/mol. The maximum atomic E-state index is 12.8. The summed E-state index contributed by atoms with van der Waals surface area (Å²) in [4.78, 5) is 23.5. The molecule has 1 amide bonds. The van der Waals surface area contributed by atoms with Crippen LogP contribution in [0.25, 0.3) is 0 Å². The van der Waals surface area contributed by atoms with Gasteiger partial charge in [-0.25, -0.2) is 4.98 Å². The fraction of sp³-hybridized carbons (Fsp3) is 0.217. The molecule has 33 heavy (non-hydrogen) atoms. The molecule has 4 rings (SSSR count). The molecule has 3 aromatic rings. The van der Waals surface area contributed by atoms with E-state index in [0.29, 0.717) is 10.7 Å². The number of pyridine rings is 1. The lowest BCUT2D eigenvalue weighted by Gasteiger charge is -2.30. The van der Waals surface area contributed by atoms with E-state index in [-0.39, 0.29) is 17.3 Å². The van der Waals surface area contributed by atoms with Crippen LogP contribution in [0, 0.1) is 5.41 Å². The van der Waals surface area contributed by atoms with Crippen molar-refractivity contribution in [3.8, 4) is 5.75 Å². The topological polar surface area (TPSA) is 115 Å². The first-order valence-corrected chi connectivity index (χ1v) is 11.3. The minimum absolute atomic E-state index is 0.211. The summed E-state index contributed by atoms with van der Waals surface area (Å²) < 4.78 is 5.14. The molecule has 0 radical (unpaired) electrons. The van der Waals surface area contributed by atoms with Gasteiger partial charge in [-0.3, -0.25) is 15.2 Å². The lowest BCUT2D eigenvalue weighted by atomic mass is 10.2. The number of carbonyl (C=O) groups is 1. The highest BCUT2D eigenvalue weighted by molar-refractivity contribution is 7.12. The minimum Gasteiger partial charge on any atom is -0.497 e. The number of hydrogen-bond acceptors (Lipinski definition) is 9. The molecule has 1 aliphatic heterocycles. The summed E-state index contributed by atoms with van der Waals surface area (Å²) in [5.74, 6) is 0.451. The zero-order valence-corrected chi connectivity index (χ0v) is 19.0. The number of methoxy groups -OCH3 is 1. The first-order valence-electron chi connectivity index (χ1n) is 10.5. The number of thiazole rings is 1. The fourth-order valence-electron chi connectivity index (χ4n) is 3.33. The third-order valence-corrected chi connectivity index (χ3v) is 5.94. The highest BCUT2D eigenvalue weighted by atomic mass is 32.1. The van der Waals surface area contributed by atoms with E-state index in [1.165, 1.54) is 11.3 Å². The molecular weight excluding hydrogens is 438 g/mol. The summed E-state index contributed by atoms with van der Waals surface area (Å²) in [6.07, 6.45) is 6.65. The molecular formula is C23H25N7O2S. The van der Waals surface area contributed by atoms with Crippen LogP contribution in [-0.2, 0) is 0 Å². The van der Waals surface area contributed by atoms with Gasteiger partial charge in [0.15, 0.2) is 0 Å². The van der Waals surface area contributed by atoms with Crippen molar-refractivity contribution in [3.63, 3.8) is 0 Å². The number of hydrogen-bond donors (Lipinski definition) is 4. The van der Waals surface area contributed by atoms with E-state index in [9.17, 15) is 4.79 Å². The summed E-state index contributed by atoms with van der Waals surface area (Å²) in [6.45, 7) is 3.52. The number of allylic oxidation sites excluding steroid dienone is 1. The lowest BCUT2D eigenvalue weighted by Crippen LogP contribution is -2.43. The molecule has 1 aromatic carbocycles. The van der Waals surface area contributed by atoms with Crippen molar-refractivity contribution in [1.29, 1.82) is 5.41 Å². The number of benzene rings is 1. The molecule has 0 unspecified atom stereocenters. The van der Waals surface area contributed by atoms with Crippen molar-refractivity contribution in [2.75, 3.05) is 48.8 Å². The van der Waals surface area contributed by atoms with Gasteiger partial charge in [0.05, 0.1) is 30.4 Å². The lowest BCUT2D eigenvalue weighted by molar-refractivity contribution is 0.102. The number of piperazine rings is 1. The number of carbonyl (C=O) groups excluding carboxylic acids is 1. The van der Waals surface area contributed by atoms with E-state index in [1.807, 2.05) is 30.3 Å². The predicted octanol–water partition coefficient (Wildman–Crippen LogP) is 3.20. The SMILES string of the molecule is COc1ccc(N/C=C\C(=N)c2nc(C(=O)Nc3cnccc3N3CCNCC3)cs2)cc1. The highest BCUT2D eigenvalue weighted by Gasteiger charge is 2.18. The van der Waals surface area contributed by atoms with Gasteiger partial charge in [-0.15, -0.1) is 11.3 Å². The maximum absolute atomic E-state index is 12.8. The van der Waals surface area contributed by atoms with Crippen LogP contribution in [0.2, 0.25) is 0 Å². The molecule has 1 aliphatic rings. The second-order valence-electron chi connectivity index (χ2n) is 7.24. The largest absolute Gasteiger partial charge is 0.497 e. The highest BCUT2D eigenvalue weighted by Crippen LogP contribution is 2.25. The average molecular weight is 464 g/mol. The number of aromatic nitrogens is 2. The van der Waals surface area contributed by atoms with Gasteiger partial charge in [-0.2, -0.15) is 0 Å². The first kappa shape index (κ1) is 22.4. The van der Waals surface area contributed by atoms with Gasteiger partial charge in [0.2, 0.25) is 0 Å². The number of nitrogens with one attached hydrogen (secondary N) is 4. The van der Waals surface area contributed by atoms with Crippen molar-refractivity contribution in [2.24, 2.45) is 0 Å². The Labute approximate surface area is 196 Å². The van der Waals surface area contributed by atoms with Crippen molar-refractivity contribution in [1.82, 2.24) is 15.3 Å². The van der Waals surface area contributed by atoms with E-state index in [1.54, 1.807) is 37.2 Å². The van der Waals surface area contributed by atoms with E-state index >= 15 is 0 Å². The summed E-state index contributed by atoms with van der Waals surface area (Å²) in [6, 6.07) is 9.37. The Balaban J connectivity index is 1.37. The van der Waals surface area contributed by atoms with Crippen LogP contribution < -0.4 is 25.6 Å². The Morgan fingerprint density at radius 3 is 2.79 bits per heavy atom. The molecule has 0 spiro atoms. The number of rotatable bonds is 8. The van der Waals surface area contributed by atoms with Crippen LogP contribution in [0.4, 0.5) is 17.1 Å².